The van der Waals surface area contributed by atoms with Gasteiger partial charge in [-0.25, -0.2) is 0 Å². The van der Waals surface area contributed by atoms with Gasteiger partial charge in [-0.2, -0.15) is 0 Å². The SMILES string of the molecule is Cc1cc2c3c(c1)N(c1ccc(C(C)(C)C)cc1)c1oc4c5c1B3c1cc(ccc1N2c1ccc(C(C)(C)C)cc1)C(C)(C)c1ccc(c-5c1)C4(C)C. The van der Waals surface area contributed by atoms with E-state index < -0.39 is 0 Å². The summed E-state index contributed by atoms with van der Waals surface area (Å²) >= 11 is 0. The number of aryl methyl sites for hydroxylation is 1. The van der Waals surface area contributed by atoms with Crippen molar-refractivity contribution in [1.82, 2.24) is 0 Å². The van der Waals surface area contributed by atoms with Gasteiger partial charge >= 0.3 is 0 Å². The highest BCUT2D eigenvalue weighted by Crippen LogP contribution is 2.55. The number of furan rings is 1. The highest BCUT2D eigenvalue weighted by molar-refractivity contribution is 7.01. The summed E-state index contributed by atoms with van der Waals surface area (Å²) in [7, 11) is 0. The second-order valence-electron chi connectivity index (χ2n) is 19.2. The standard InChI is InChI=1S/C49H49BN2O/c1-28-24-39-42-40(25-28)52(34-20-14-30(15-21-34)47(5,6)7)45-43-41-35-26-31(16-22-36(35)49(10,11)44(41)53-45)48(8,9)32-17-23-38(37(27-32)50(42)43)51(39)33-18-12-29(13-19-33)46(2,3)4/h12-27H,1-11H3. The molecular weight excluding hydrogens is 643 g/mol. The van der Waals surface area contributed by atoms with Gasteiger partial charge in [-0.15, -0.1) is 0 Å². The molecule has 0 unspecified atom stereocenters. The van der Waals surface area contributed by atoms with E-state index in [1.54, 1.807) is 0 Å². The molecule has 1 aliphatic carbocycles. The topological polar surface area (TPSA) is 19.6 Å². The van der Waals surface area contributed by atoms with Gasteiger partial charge in [0.1, 0.15) is 5.76 Å². The zero-order chi connectivity index (χ0) is 37.1. The minimum atomic E-state index is -0.275. The van der Waals surface area contributed by atoms with Crippen LogP contribution in [0.1, 0.15) is 108 Å². The minimum Gasteiger partial charge on any atom is -0.444 e. The predicted octanol–water partition coefficient (Wildman–Crippen LogP) is 11.2. The summed E-state index contributed by atoms with van der Waals surface area (Å²) in [6.45, 7) is 25.4. The molecule has 6 aromatic rings. The number of anilines is 6. The van der Waals surface area contributed by atoms with Gasteiger partial charge in [-0.1, -0.05) is 104 Å². The average molecular weight is 693 g/mol. The van der Waals surface area contributed by atoms with E-state index in [9.17, 15) is 0 Å². The molecule has 4 aliphatic rings. The molecule has 4 heterocycles. The maximum atomic E-state index is 7.40. The first kappa shape index (κ1) is 32.7. The Balaban J connectivity index is 1.34. The Labute approximate surface area is 315 Å². The lowest BCUT2D eigenvalue weighted by atomic mass is 9.33. The predicted molar refractivity (Wildman–Crippen MR) is 225 cm³/mol. The van der Waals surface area contributed by atoms with Crippen molar-refractivity contribution in [2.24, 2.45) is 0 Å². The number of fused-ring (bicyclic) bond motifs is 2. The third-order valence-electron chi connectivity index (χ3n) is 13.0. The molecule has 0 spiro atoms. The van der Waals surface area contributed by atoms with E-state index in [-0.39, 0.29) is 28.4 Å². The van der Waals surface area contributed by atoms with Gasteiger partial charge in [-0.05, 0) is 130 Å². The molecule has 0 N–H and O–H groups in total. The third-order valence-corrected chi connectivity index (χ3v) is 13.0. The monoisotopic (exact) mass is 692 g/mol. The van der Waals surface area contributed by atoms with Crippen molar-refractivity contribution in [3.05, 3.63) is 136 Å². The van der Waals surface area contributed by atoms with Crippen molar-refractivity contribution in [1.29, 1.82) is 0 Å². The van der Waals surface area contributed by atoms with E-state index in [0.717, 1.165) is 17.3 Å². The Morgan fingerprint density at radius 3 is 1.72 bits per heavy atom. The van der Waals surface area contributed by atoms with Crippen molar-refractivity contribution in [3.8, 4) is 11.1 Å². The molecule has 5 aromatic carbocycles. The lowest BCUT2D eigenvalue weighted by Crippen LogP contribution is -2.61. The van der Waals surface area contributed by atoms with Crippen molar-refractivity contribution in [2.75, 3.05) is 9.80 Å². The van der Waals surface area contributed by atoms with Crippen LogP contribution < -0.4 is 26.2 Å². The first-order valence-electron chi connectivity index (χ1n) is 19.4. The van der Waals surface area contributed by atoms with Crippen molar-refractivity contribution in [2.45, 2.75) is 97.8 Å². The van der Waals surface area contributed by atoms with Crippen LogP contribution in [0.4, 0.5) is 34.3 Å². The van der Waals surface area contributed by atoms with Crippen molar-refractivity contribution in [3.63, 3.8) is 0 Å². The van der Waals surface area contributed by atoms with Crippen molar-refractivity contribution < 1.29 is 4.42 Å². The van der Waals surface area contributed by atoms with Crippen LogP contribution in [0.5, 0.6) is 0 Å². The molecule has 3 nitrogen and oxygen atoms in total. The molecule has 10 rings (SSSR count). The Morgan fingerprint density at radius 2 is 1.11 bits per heavy atom. The fraction of sp³-hybridized carbons (Fsp3) is 0.306. The lowest BCUT2D eigenvalue weighted by Gasteiger charge is -2.44. The zero-order valence-corrected chi connectivity index (χ0v) is 33.1. The molecule has 0 saturated carbocycles. The van der Waals surface area contributed by atoms with Crippen LogP contribution in [0.3, 0.4) is 0 Å². The van der Waals surface area contributed by atoms with Crippen LogP contribution >= 0.6 is 0 Å². The van der Waals surface area contributed by atoms with E-state index in [4.69, 9.17) is 4.42 Å². The van der Waals surface area contributed by atoms with Crippen LogP contribution in [0.2, 0.25) is 0 Å². The molecule has 3 aliphatic heterocycles. The van der Waals surface area contributed by atoms with Crippen LogP contribution in [0.15, 0.2) is 101 Å². The molecule has 4 bridgehead atoms. The van der Waals surface area contributed by atoms with E-state index >= 15 is 0 Å². The van der Waals surface area contributed by atoms with Gasteiger partial charge in [0.25, 0.3) is 6.71 Å². The van der Waals surface area contributed by atoms with E-state index in [1.807, 2.05) is 0 Å². The summed E-state index contributed by atoms with van der Waals surface area (Å²) < 4.78 is 7.40. The largest absolute Gasteiger partial charge is 0.444 e. The second-order valence-corrected chi connectivity index (χ2v) is 19.2. The molecule has 0 atom stereocenters. The quantitative estimate of drug-likeness (QED) is 0.168. The molecule has 53 heavy (non-hydrogen) atoms. The van der Waals surface area contributed by atoms with E-state index in [2.05, 4.69) is 183 Å². The van der Waals surface area contributed by atoms with Gasteiger partial charge in [0.15, 0.2) is 0 Å². The van der Waals surface area contributed by atoms with E-state index in [1.165, 1.54) is 83.6 Å². The Kier molecular flexibility index (Phi) is 6.27. The zero-order valence-electron chi connectivity index (χ0n) is 33.1. The molecule has 0 saturated heterocycles. The van der Waals surface area contributed by atoms with E-state index in [0.29, 0.717) is 0 Å². The highest BCUT2D eigenvalue weighted by Gasteiger charge is 2.52. The van der Waals surface area contributed by atoms with Gasteiger partial charge in [0.05, 0.1) is 0 Å². The molecule has 4 heteroatoms. The Hall–Kier alpha value is -4.96. The average Bonchev–Trinajstić information content (AvgIpc) is 3.60. The Bertz CT molecular complexity index is 2540. The summed E-state index contributed by atoms with van der Waals surface area (Å²) in [5.41, 5.74) is 20.2. The number of rotatable bonds is 2. The van der Waals surface area contributed by atoms with Crippen LogP contribution in [-0.4, -0.2) is 6.71 Å². The number of hydrogen-bond acceptors (Lipinski definition) is 3. The third kappa shape index (κ3) is 4.30. The summed E-state index contributed by atoms with van der Waals surface area (Å²) in [4.78, 5) is 4.97. The van der Waals surface area contributed by atoms with Crippen LogP contribution in [-0.2, 0) is 21.7 Å². The highest BCUT2D eigenvalue weighted by atomic mass is 16.4. The molecule has 0 amide bonds. The number of nitrogens with zero attached hydrogens (tertiary/aromatic N) is 2. The second kappa shape index (κ2) is 10.2. The molecule has 264 valence electrons. The number of benzene rings is 5. The fourth-order valence-electron chi connectivity index (χ4n) is 9.80. The first-order valence-corrected chi connectivity index (χ1v) is 19.4. The summed E-state index contributed by atoms with van der Waals surface area (Å²) in [5, 5.41) is 0. The van der Waals surface area contributed by atoms with Crippen LogP contribution in [0, 0.1) is 6.92 Å². The molecule has 0 radical (unpaired) electrons. The minimum absolute atomic E-state index is 0.00699. The smallest absolute Gasteiger partial charge is 0.257 e. The molecule has 0 fully saturated rings. The Morgan fingerprint density at radius 1 is 0.566 bits per heavy atom. The van der Waals surface area contributed by atoms with Gasteiger partial charge in [0, 0.05) is 50.3 Å². The van der Waals surface area contributed by atoms with Gasteiger partial charge < -0.3 is 9.32 Å². The van der Waals surface area contributed by atoms with Crippen molar-refractivity contribution >= 4 is 57.4 Å². The molecule has 1 aromatic heterocycles. The maximum absolute atomic E-state index is 7.40. The lowest BCUT2D eigenvalue weighted by molar-refractivity contribution is 0.445. The number of hydrogen-bond donors (Lipinski definition) is 0. The van der Waals surface area contributed by atoms with Crippen LogP contribution in [0.25, 0.3) is 11.1 Å². The summed E-state index contributed by atoms with van der Waals surface area (Å²) in [6, 6.07) is 37.8. The molecular formula is C49H49BN2O. The summed E-state index contributed by atoms with van der Waals surface area (Å²) in [5.74, 6) is 2.03. The van der Waals surface area contributed by atoms with Gasteiger partial charge in [0.2, 0.25) is 5.88 Å². The summed E-state index contributed by atoms with van der Waals surface area (Å²) in [6.07, 6.45) is 0. The first-order chi connectivity index (χ1) is 25.0. The van der Waals surface area contributed by atoms with Gasteiger partial charge in [-0.3, -0.25) is 4.90 Å². The normalized spacial score (nSPS) is 16.8. The fourth-order valence-corrected chi connectivity index (χ4v) is 9.80. The maximum Gasteiger partial charge on any atom is 0.257 e.